The Morgan fingerprint density at radius 1 is 0.432 bits per heavy atom. The summed E-state index contributed by atoms with van der Waals surface area (Å²) in [5, 5.41) is 5.32. The second-order valence-electron chi connectivity index (χ2n) is 23.9. The van der Waals surface area contributed by atoms with E-state index >= 15 is 8.78 Å². The Bertz CT molecular complexity index is 3950. The Morgan fingerprint density at radius 2 is 0.784 bits per heavy atom. The predicted octanol–water partition coefficient (Wildman–Crippen LogP) is 27.8. The number of hydrogen-bond acceptors (Lipinski definition) is 12. The molecule has 11 rings (SSSR count). The van der Waals surface area contributed by atoms with Gasteiger partial charge in [-0.05, 0) is 153 Å². The molecule has 8 aromatic heterocycles. The highest BCUT2D eigenvalue weighted by molar-refractivity contribution is 9.11. The Labute approximate surface area is 566 Å². The number of thiophene rings is 8. The maximum atomic E-state index is 16.6. The number of halogens is 4. The number of unbranched alkanes of at least 4 members (excludes halogenated alkanes) is 4. The molecule has 0 aliphatic carbocycles. The number of carbonyl (C=O) groups excluding carboxylic acids is 2. The second kappa shape index (κ2) is 29.7. The summed E-state index contributed by atoms with van der Waals surface area (Å²) in [6.07, 6.45) is 19.9. The molecule has 4 nitrogen and oxygen atoms in total. The quantitative estimate of drug-likeness (QED) is 0.0421. The zero-order valence-corrected chi connectivity index (χ0v) is 61.3. The van der Waals surface area contributed by atoms with Gasteiger partial charge in [-0.3, -0.25) is 0 Å². The van der Waals surface area contributed by atoms with Gasteiger partial charge in [0.25, 0.3) is 0 Å². The number of hydrogen-bond donors (Lipinski definition) is 0. The smallest absolute Gasteiger partial charge is 0.351 e. The molecule has 16 heteroatoms. The molecule has 3 aromatic carbocycles. The fourth-order valence-electron chi connectivity index (χ4n) is 12.4. The van der Waals surface area contributed by atoms with Gasteiger partial charge in [0.2, 0.25) is 0 Å². The normalized spacial score (nSPS) is 13.6. The number of benzene rings is 3. The molecular formula is C72H78Br2F2O4S8. The third-order valence-electron chi connectivity index (χ3n) is 17.9. The van der Waals surface area contributed by atoms with Gasteiger partial charge in [0.1, 0.15) is 9.75 Å². The molecule has 11 aromatic rings. The van der Waals surface area contributed by atoms with Crippen molar-refractivity contribution in [1.82, 2.24) is 0 Å². The summed E-state index contributed by atoms with van der Waals surface area (Å²) < 4.78 is 51.9. The molecule has 8 heterocycles. The minimum absolute atomic E-state index is 0.0278. The third kappa shape index (κ3) is 13.7. The second-order valence-corrected chi connectivity index (χ2v) is 34.2. The van der Waals surface area contributed by atoms with Gasteiger partial charge in [-0.2, -0.15) is 0 Å². The van der Waals surface area contributed by atoms with Crippen LogP contribution in [-0.2, 0) is 22.3 Å². The van der Waals surface area contributed by atoms with Crippen LogP contribution in [0.5, 0.6) is 0 Å². The van der Waals surface area contributed by atoms with Crippen molar-refractivity contribution in [3.8, 4) is 40.4 Å². The van der Waals surface area contributed by atoms with Crippen molar-refractivity contribution in [1.29, 1.82) is 0 Å². The Kier molecular flexibility index (Phi) is 22.3. The van der Waals surface area contributed by atoms with Crippen LogP contribution in [0.3, 0.4) is 0 Å². The Morgan fingerprint density at radius 3 is 1.15 bits per heavy atom. The van der Waals surface area contributed by atoms with Crippen molar-refractivity contribution in [2.24, 2.45) is 23.7 Å². The van der Waals surface area contributed by atoms with Gasteiger partial charge in [0, 0.05) is 109 Å². The lowest BCUT2D eigenvalue weighted by Gasteiger charge is -2.14. The van der Waals surface area contributed by atoms with Crippen molar-refractivity contribution in [2.75, 3.05) is 13.2 Å². The molecule has 0 aliphatic heterocycles. The van der Waals surface area contributed by atoms with Crippen LogP contribution in [0.4, 0.5) is 8.78 Å². The molecule has 4 atom stereocenters. The summed E-state index contributed by atoms with van der Waals surface area (Å²) in [6.45, 7) is 18.4. The van der Waals surface area contributed by atoms with E-state index in [1.807, 2.05) is 57.5 Å². The highest BCUT2D eigenvalue weighted by Crippen LogP contribution is 2.57. The fourth-order valence-corrected chi connectivity index (χ4v) is 23.7. The van der Waals surface area contributed by atoms with Crippen molar-refractivity contribution in [2.45, 2.75) is 171 Å². The number of fused-ring (bicyclic) bond motifs is 6. The Hall–Kier alpha value is -3.42. The zero-order valence-electron chi connectivity index (χ0n) is 51.6. The zero-order chi connectivity index (χ0) is 61.9. The van der Waals surface area contributed by atoms with Gasteiger partial charge >= 0.3 is 11.9 Å². The van der Waals surface area contributed by atoms with Gasteiger partial charge in [0.05, 0.1) is 13.2 Å². The van der Waals surface area contributed by atoms with Gasteiger partial charge in [0.15, 0.2) is 11.6 Å². The number of carbonyl (C=O) groups is 2. The molecule has 0 amide bonds. The van der Waals surface area contributed by atoms with Crippen molar-refractivity contribution in [3.63, 3.8) is 0 Å². The summed E-state index contributed by atoms with van der Waals surface area (Å²) in [5.74, 6) is -0.434. The Balaban J connectivity index is 1.05. The van der Waals surface area contributed by atoms with E-state index in [2.05, 4.69) is 136 Å². The molecule has 0 aliphatic rings. The molecule has 466 valence electrons. The summed E-state index contributed by atoms with van der Waals surface area (Å²) in [6, 6.07) is 22.9. The average Bonchev–Trinajstić information content (AvgIpc) is 1.91. The topological polar surface area (TPSA) is 52.6 Å². The van der Waals surface area contributed by atoms with E-state index in [1.54, 1.807) is 22.7 Å². The van der Waals surface area contributed by atoms with Crippen LogP contribution in [0.2, 0.25) is 0 Å². The van der Waals surface area contributed by atoms with E-state index in [4.69, 9.17) is 9.47 Å². The van der Waals surface area contributed by atoms with Gasteiger partial charge in [-0.15, -0.1) is 90.7 Å². The van der Waals surface area contributed by atoms with Gasteiger partial charge in [-0.1, -0.05) is 145 Å². The monoisotopic (exact) mass is 1460 g/mol. The van der Waals surface area contributed by atoms with E-state index in [9.17, 15) is 9.59 Å². The van der Waals surface area contributed by atoms with Crippen molar-refractivity contribution in [3.05, 3.63) is 101 Å². The van der Waals surface area contributed by atoms with Crippen LogP contribution in [0.25, 0.3) is 101 Å². The average molecular weight is 1460 g/mol. The highest BCUT2D eigenvalue weighted by Gasteiger charge is 2.30. The predicted molar refractivity (Wildman–Crippen MR) is 393 cm³/mol. The summed E-state index contributed by atoms with van der Waals surface area (Å²) in [4.78, 5) is 36.9. The SMILES string of the molecule is CCCCC(CC)COC(=O)c1sc2cc3cc(-c4cc5c(-c6ccc(CC(CC)CCCC)s6)c6sc(-c7cc8cc9sc(C(=O)OCC(CC)CCCC)c(F)c9c(Br)c8s7)cc6c(-c6ccc(CC(CC)CCCC)s6)c5s4)sc3c(Br)c2c1F. The van der Waals surface area contributed by atoms with E-state index < -0.39 is 23.6 Å². The van der Waals surface area contributed by atoms with E-state index in [1.165, 1.54) is 112 Å². The van der Waals surface area contributed by atoms with Crippen LogP contribution in [0, 0.1) is 35.3 Å². The van der Waals surface area contributed by atoms with E-state index in [0.717, 1.165) is 117 Å². The fraction of sp³-hybridized carbons (Fsp3) is 0.444. The van der Waals surface area contributed by atoms with E-state index in [-0.39, 0.29) is 21.6 Å². The number of ether oxygens (including phenoxy) is 2. The van der Waals surface area contributed by atoms with Crippen molar-refractivity contribution >= 4 is 195 Å². The minimum Gasteiger partial charge on any atom is -0.461 e. The van der Waals surface area contributed by atoms with Crippen LogP contribution in [0.1, 0.15) is 187 Å². The van der Waals surface area contributed by atoms with Crippen LogP contribution < -0.4 is 0 Å². The maximum Gasteiger partial charge on any atom is 0.351 e. The first-order valence-corrected chi connectivity index (χ1v) is 40.1. The van der Waals surface area contributed by atoms with Crippen molar-refractivity contribution < 1.29 is 27.8 Å². The molecule has 4 unspecified atom stereocenters. The summed E-state index contributed by atoms with van der Waals surface area (Å²) in [7, 11) is 0. The maximum absolute atomic E-state index is 16.6. The van der Waals surface area contributed by atoms with Crippen LogP contribution in [-0.4, -0.2) is 25.2 Å². The molecule has 0 radical (unpaired) electrons. The first-order chi connectivity index (χ1) is 42.7. The minimum atomic E-state index is -0.589. The molecule has 0 bridgehead atoms. The molecule has 0 N–H and O–H groups in total. The number of esters is 2. The lowest BCUT2D eigenvalue weighted by Crippen LogP contribution is -2.14. The van der Waals surface area contributed by atoms with Gasteiger partial charge in [-0.25, -0.2) is 18.4 Å². The highest BCUT2D eigenvalue weighted by atomic mass is 79.9. The van der Waals surface area contributed by atoms with Gasteiger partial charge < -0.3 is 9.47 Å². The first-order valence-electron chi connectivity index (χ1n) is 32.0. The standard InChI is InChI=1S/C72H78Br2F2O4S8/c1-9-17-21-39(13-5)29-45-25-27-49(81-45)57-47-35-53(51-31-43-33-55-59(61(73)65(43)83-51)63(75)69(87-55)71(77)79-37-41(15-7)23-19-11-3)86-68(47)58(50-28-26-46(82-50)30-40(14-6)22-18-10-2)48-36-54(85-67(48)57)52-32-44-34-56-60(62(74)66(44)84-52)64(76)70(88-56)72(78)80-38-42(16-8)24-20-12-4/h25-28,31-36,39-42H,9-24,29-30,37-38H2,1-8H3. The largest absolute Gasteiger partial charge is 0.461 e. The third-order valence-corrected chi connectivity index (χ3v) is 29.4. The van der Waals surface area contributed by atoms with Crippen LogP contribution in [0.15, 0.2) is 69.6 Å². The molecule has 0 saturated carbocycles. The van der Waals surface area contributed by atoms with E-state index in [0.29, 0.717) is 54.2 Å². The lowest BCUT2D eigenvalue weighted by atomic mass is 9.95. The summed E-state index contributed by atoms with van der Waals surface area (Å²) in [5.41, 5.74) is 2.51. The first kappa shape index (κ1) is 66.1. The molecular weight excluding hydrogens is 1380 g/mol. The molecule has 88 heavy (non-hydrogen) atoms. The molecule has 0 saturated heterocycles. The summed E-state index contributed by atoms with van der Waals surface area (Å²) >= 11 is 21.0. The lowest BCUT2D eigenvalue weighted by molar-refractivity contribution is 0.0420. The molecule has 0 fully saturated rings. The van der Waals surface area contributed by atoms with Crippen LogP contribution >= 0.6 is 123 Å². The molecule has 0 spiro atoms. The number of rotatable bonds is 30.